The number of esters is 1. The van der Waals surface area contributed by atoms with Crippen molar-refractivity contribution < 1.29 is 9.53 Å². The van der Waals surface area contributed by atoms with E-state index < -0.39 is 0 Å². The number of ether oxygens (including phenoxy) is 1. The number of hydrogen-bond donors (Lipinski definition) is 0. The van der Waals surface area contributed by atoms with Crippen LogP contribution in [-0.2, 0) is 9.53 Å². The molecule has 0 rings (SSSR count). The Morgan fingerprint density at radius 3 is 2.29 bits per heavy atom. The lowest BCUT2D eigenvalue weighted by Gasteiger charge is -2.03. The molecule has 0 unspecified atom stereocenters. The second kappa shape index (κ2) is 8.80. The summed E-state index contributed by atoms with van der Waals surface area (Å²) >= 11 is 0. The van der Waals surface area contributed by atoms with Crippen molar-refractivity contribution in [1.82, 2.24) is 0 Å². The van der Waals surface area contributed by atoms with Crippen LogP contribution >= 0.6 is 0 Å². The highest BCUT2D eigenvalue weighted by molar-refractivity contribution is 5.87. The van der Waals surface area contributed by atoms with E-state index in [0.717, 1.165) is 12.8 Å². The second-order valence-electron chi connectivity index (χ2n) is 4.44. The first-order valence-corrected chi connectivity index (χ1v) is 6.06. The van der Waals surface area contributed by atoms with Crippen LogP contribution in [0.15, 0.2) is 34.9 Å². The third kappa shape index (κ3) is 8.49. The van der Waals surface area contributed by atoms with Crippen LogP contribution in [0.25, 0.3) is 0 Å². The summed E-state index contributed by atoms with van der Waals surface area (Å²) in [6.45, 7) is 10.2. The molecule has 0 heterocycles. The van der Waals surface area contributed by atoms with Crippen LogP contribution in [0.5, 0.6) is 0 Å². The van der Waals surface area contributed by atoms with Crippen LogP contribution in [0.3, 0.4) is 0 Å². The number of hydrogen-bond acceptors (Lipinski definition) is 2. The van der Waals surface area contributed by atoms with Gasteiger partial charge in [-0.1, -0.05) is 23.3 Å². The van der Waals surface area contributed by atoms with Crippen LogP contribution in [0.1, 0.15) is 47.5 Å². The van der Waals surface area contributed by atoms with Gasteiger partial charge in [-0.05, 0) is 53.5 Å². The summed E-state index contributed by atoms with van der Waals surface area (Å²) in [5.74, 6) is -0.235. The molecule has 0 spiro atoms. The van der Waals surface area contributed by atoms with E-state index in [2.05, 4.69) is 26.8 Å². The summed E-state index contributed by atoms with van der Waals surface area (Å²) in [6, 6.07) is 0. The Labute approximate surface area is 105 Å². The average molecular weight is 236 g/mol. The molecule has 0 N–H and O–H groups in total. The molecule has 0 aliphatic heterocycles. The lowest BCUT2D eigenvalue weighted by Crippen LogP contribution is -2.05. The SMILES string of the molecule is CC=C(C)C(=O)OCC=C(C)CCC=C(C)C. The van der Waals surface area contributed by atoms with E-state index in [9.17, 15) is 4.79 Å². The largest absolute Gasteiger partial charge is 0.458 e. The van der Waals surface area contributed by atoms with Gasteiger partial charge in [-0.25, -0.2) is 4.79 Å². The molecule has 96 valence electrons. The molecule has 0 bridgehead atoms. The maximum Gasteiger partial charge on any atom is 0.333 e. The molecule has 0 radical (unpaired) electrons. The van der Waals surface area contributed by atoms with Gasteiger partial charge < -0.3 is 4.74 Å². The fraction of sp³-hybridized carbons (Fsp3) is 0.533. The van der Waals surface area contributed by atoms with Gasteiger partial charge in [0.15, 0.2) is 0 Å². The Kier molecular flexibility index (Phi) is 8.12. The molecule has 0 aliphatic carbocycles. The van der Waals surface area contributed by atoms with Crippen molar-refractivity contribution in [2.75, 3.05) is 6.61 Å². The van der Waals surface area contributed by atoms with E-state index in [-0.39, 0.29) is 5.97 Å². The van der Waals surface area contributed by atoms with Gasteiger partial charge in [0.05, 0.1) is 0 Å². The van der Waals surface area contributed by atoms with E-state index in [1.807, 2.05) is 13.0 Å². The Morgan fingerprint density at radius 1 is 1.12 bits per heavy atom. The van der Waals surface area contributed by atoms with E-state index in [1.54, 1.807) is 13.0 Å². The van der Waals surface area contributed by atoms with E-state index in [0.29, 0.717) is 12.2 Å². The highest BCUT2D eigenvalue weighted by atomic mass is 16.5. The molecule has 2 nitrogen and oxygen atoms in total. The van der Waals surface area contributed by atoms with Gasteiger partial charge in [-0.3, -0.25) is 0 Å². The fourth-order valence-electron chi connectivity index (χ4n) is 1.18. The molecule has 0 atom stereocenters. The maximum absolute atomic E-state index is 11.3. The average Bonchev–Trinajstić information content (AvgIpc) is 2.27. The predicted molar refractivity (Wildman–Crippen MR) is 72.8 cm³/mol. The van der Waals surface area contributed by atoms with Crippen molar-refractivity contribution in [3.05, 3.63) is 34.9 Å². The minimum atomic E-state index is -0.235. The van der Waals surface area contributed by atoms with Crippen LogP contribution in [0, 0.1) is 0 Å². The van der Waals surface area contributed by atoms with Crippen molar-refractivity contribution >= 4 is 5.97 Å². The van der Waals surface area contributed by atoms with Crippen molar-refractivity contribution in [2.24, 2.45) is 0 Å². The first kappa shape index (κ1) is 15.7. The lowest BCUT2D eigenvalue weighted by molar-refractivity contribution is -0.137. The van der Waals surface area contributed by atoms with E-state index in [4.69, 9.17) is 4.74 Å². The third-order valence-corrected chi connectivity index (χ3v) is 2.49. The molecule has 0 saturated heterocycles. The van der Waals surface area contributed by atoms with Crippen molar-refractivity contribution in [3.8, 4) is 0 Å². The smallest absolute Gasteiger partial charge is 0.333 e. The zero-order chi connectivity index (χ0) is 13.3. The second-order valence-corrected chi connectivity index (χ2v) is 4.44. The van der Waals surface area contributed by atoms with Gasteiger partial charge in [0.2, 0.25) is 0 Å². The number of carbonyl (C=O) groups excluding carboxylic acids is 1. The predicted octanol–water partition coefficient (Wildman–Crippen LogP) is 4.19. The molecular weight excluding hydrogens is 212 g/mol. The number of rotatable bonds is 6. The summed E-state index contributed by atoms with van der Waals surface area (Å²) in [6.07, 6.45) is 8.01. The highest BCUT2D eigenvalue weighted by Gasteiger charge is 2.02. The Balaban J connectivity index is 3.92. The van der Waals surface area contributed by atoms with Crippen LogP contribution < -0.4 is 0 Å². The molecule has 0 fully saturated rings. The monoisotopic (exact) mass is 236 g/mol. The van der Waals surface area contributed by atoms with Crippen molar-refractivity contribution in [2.45, 2.75) is 47.5 Å². The van der Waals surface area contributed by atoms with Crippen LogP contribution in [0.4, 0.5) is 0 Å². The van der Waals surface area contributed by atoms with Gasteiger partial charge in [-0.15, -0.1) is 0 Å². The Hall–Kier alpha value is -1.31. The lowest BCUT2D eigenvalue weighted by atomic mass is 10.1. The van der Waals surface area contributed by atoms with Gasteiger partial charge in [-0.2, -0.15) is 0 Å². The Morgan fingerprint density at radius 2 is 1.76 bits per heavy atom. The van der Waals surface area contributed by atoms with Crippen LogP contribution in [0.2, 0.25) is 0 Å². The Bertz CT molecular complexity index is 329. The van der Waals surface area contributed by atoms with Crippen molar-refractivity contribution in [3.63, 3.8) is 0 Å². The summed E-state index contributed by atoms with van der Waals surface area (Å²) in [5, 5.41) is 0. The molecule has 2 heteroatoms. The van der Waals surface area contributed by atoms with Gasteiger partial charge in [0.25, 0.3) is 0 Å². The zero-order valence-corrected chi connectivity index (χ0v) is 11.7. The quantitative estimate of drug-likeness (QED) is 0.393. The van der Waals surface area contributed by atoms with E-state index in [1.165, 1.54) is 11.1 Å². The molecule has 17 heavy (non-hydrogen) atoms. The summed E-state index contributed by atoms with van der Waals surface area (Å²) in [5.41, 5.74) is 3.25. The first-order chi connectivity index (χ1) is 7.97. The highest BCUT2D eigenvalue weighted by Crippen LogP contribution is 2.06. The summed E-state index contributed by atoms with van der Waals surface area (Å²) in [7, 11) is 0. The molecule has 0 aliphatic rings. The normalized spacial score (nSPS) is 12.3. The first-order valence-electron chi connectivity index (χ1n) is 6.06. The molecule has 0 saturated carbocycles. The zero-order valence-electron chi connectivity index (χ0n) is 11.7. The van der Waals surface area contributed by atoms with E-state index >= 15 is 0 Å². The molecule has 0 amide bonds. The van der Waals surface area contributed by atoms with Gasteiger partial charge >= 0.3 is 5.97 Å². The minimum absolute atomic E-state index is 0.235. The molecular formula is C15H24O2. The van der Waals surface area contributed by atoms with Crippen LogP contribution in [-0.4, -0.2) is 12.6 Å². The summed E-state index contributed by atoms with van der Waals surface area (Å²) in [4.78, 5) is 11.3. The fourth-order valence-corrected chi connectivity index (χ4v) is 1.18. The molecule has 0 aromatic rings. The minimum Gasteiger partial charge on any atom is -0.458 e. The molecule has 0 aromatic carbocycles. The van der Waals surface area contributed by atoms with Gasteiger partial charge in [0.1, 0.15) is 6.61 Å². The van der Waals surface area contributed by atoms with Gasteiger partial charge in [0, 0.05) is 5.57 Å². The number of allylic oxidation sites excluding steroid dienone is 4. The maximum atomic E-state index is 11.3. The summed E-state index contributed by atoms with van der Waals surface area (Å²) < 4.78 is 5.09. The third-order valence-electron chi connectivity index (χ3n) is 2.49. The number of carbonyl (C=O) groups is 1. The van der Waals surface area contributed by atoms with Crippen molar-refractivity contribution in [1.29, 1.82) is 0 Å². The standard InChI is InChI=1S/C15H24O2/c1-6-14(5)15(16)17-11-10-13(4)9-7-8-12(2)3/h6,8,10H,7,9,11H2,1-5H3. The molecule has 0 aromatic heterocycles. The topological polar surface area (TPSA) is 26.3 Å².